The minimum atomic E-state index is -0.411. The van der Waals surface area contributed by atoms with Gasteiger partial charge in [-0.25, -0.2) is 0 Å². The van der Waals surface area contributed by atoms with Crippen LogP contribution in [0.25, 0.3) is 0 Å². The third-order valence-corrected chi connectivity index (χ3v) is 3.05. The SMILES string of the molecule is CCC[C@H](N)C(=O)N(C)CCOc1ccc(OC)cc1. The molecule has 1 aromatic carbocycles. The summed E-state index contributed by atoms with van der Waals surface area (Å²) in [5.41, 5.74) is 5.80. The zero-order valence-corrected chi connectivity index (χ0v) is 12.5. The average Bonchev–Trinajstić information content (AvgIpc) is 2.47. The molecule has 0 spiro atoms. The van der Waals surface area contributed by atoms with E-state index in [2.05, 4.69) is 0 Å². The topological polar surface area (TPSA) is 64.8 Å². The molecule has 5 nitrogen and oxygen atoms in total. The molecule has 0 fully saturated rings. The molecule has 5 heteroatoms. The first-order valence-electron chi connectivity index (χ1n) is 6.86. The molecule has 1 rings (SSSR count). The van der Waals surface area contributed by atoms with Gasteiger partial charge in [0.2, 0.25) is 5.91 Å². The highest BCUT2D eigenvalue weighted by molar-refractivity contribution is 5.81. The smallest absolute Gasteiger partial charge is 0.239 e. The number of nitrogens with two attached hydrogens (primary N) is 1. The fraction of sp³-hybridized carbons (Fsp3) is 0.533. The summed E-state index contributed by atoms with van der Waals surface area (Å²) in [5, 5.41) is 0. The van der Waals surface area contributed by atoms with Crippen molar-refractivity contribution in [1.29, 1.82) is 0 Å². The summed E-state index contributed by atoms with van der Waals surface area (Å²) in [7, 11) is 3.37. The standard InChI is InChI=1S/C15H24N2O3/c1-4-5-14(16)15(18)17(2)10-11-20-13-8-6-12(19-3)7-9-13/h6-9,14H,4-5,10-11,16H2,1-3H3/t14-/m0/s1. The normalized spacial score (nSPS) is 11.8. The van der Waals surface area contributed by atoms with Gasteiger partial charge < -0.3 is 20.1 Å². The molecule has 1 aromatic rings. The van der Waals surface area contributed by atoms with E-state index in [0.717, 1.165) is 17.9 Å². The Bertz CT molecular complexity index is 406. The van der Waals surface area contributed by atoms with Crippen molar-refractivity contribution in [2.45, 2.75) is 25.8 Å². The van der Waals surface area contributed by atoms with Crippen molar-refractivity contribution in [1.82, 2.24) is 4.90 Å². The number of likely N-dealkylation sites (N-methyl/N-ethyl adjacent to an activating group) is 1. The maximum atomic E-state index is 11.9. The van der Waals surface area contributed by atoms with Crippen LogP contribution in [-0.2, 0) is 4.79 Å². The van der Waals surface area contributed by atoms with Gasteiger partial charge in [-0.1, -0.05) is 13.3 Å². The van der Waals surface area contributed by atoms with Gasteiger partial charge in [-0.15, -0.1) is 0 Å². The first kappa shape index (κ1) is 16.3. The molecule has 112 valence electrons. The summed E-state index contributed by atoms with van der Waals surface area (Å²) in [6, 6.07) is 6.93. The Balaban J connectivity index is 2.33. The highest BCUT2D eigenvalue weighted by Crippen LogP contribution is 2.16. The fourth-order valence-corrected chi connectivity index (χ4v) is 1.80. The predicted molar refractivity (Wildman–Crippen MR) is 79.0 cm³/mol. The molecular formula is C15H24N2O3. The molecule has 2 N–H and O–H groups in total. The van der Waals surface area contributed by atoms with Gasteiger partial charge in [-0.2, -0.15) is 0 Å². The van der Waals surface area contributed by atoms with Gasteiger partial charge in [0.1, 0.15) is 18.1 Å². The van der Waals surface area contributed by atoms with Crippen LogP contribution in [0.3, 0.4) is 0 Å². The van der Waals surface area contributed by atoms with Crippen molar-refractivity contribution in [2.24, 2.45) is 5.73 Å². The Morgan fingerprint density at radius 2 is 1.90 bits per heavy atom. The fourth-order valence-electron chi connectivity index (χ4n) is 1.80. The van der Waals surface area contributed by atoms with E-state index in [1.165, 1.54) is 0 Å². The molecule has 20 heavy (non-hydrogen) atoms. The second-order valence-electron chi connectivity index (χ2n) is 4.68. The first-order valence-corrected chi connectivity index (χ1v) is 6.86. The highest BCUT2D eigenvalue weighted by atomic mass is 16.5. The van der Waals surface area contributed by atoms with Crippen LogP contribution in [0.5, 0.6) is 11.5 Å². The number of nitrogens with zero attached hydrogens (tertiary/aromatic N) is 1. The van der Waals surface area contributed by atoms with Crippen LogP contribution in [0.4, 0.5) is 0 Å². The van der Waals surface area contributed by atoms with Gasteiger partial charge in [-0.3, -0.25) is 4.79 Å². The molecule has 0 aliphatic carbocycles. The molecule has 0 aliphatic rings. The van der Waals surface area contributed by atoms with Crippen LogP contribution in [0.1, 0.15) is 19.8 Å². The quantitative estimate of drug-likeness (QED) is 0.786. The number of methoxy groups -OCH3 is 1. The largest absolute Gasteiger partial charge is 0.497 e. The van der Waals surface area contributed by atoms with Crippen LogP contribution < -0.4 is 15.2 Å². The minimum absolute atomic E-state index is 0.0369. The zero-order chi connectivity index (χ0) is 15.0. The summed E-state index contributed by atoms with van der Waals surface area (Å²) >= 11 is 0. The van der Waals surface area contributed by atoms with E-state index >= 15 is 0 Å². The van der Waals surface area contributed by atoms with Crippen molar-refractivity contribution in [3.63, 3.8) is 0 Å². The Morgan fingerprint density at radius 1 is 1.30 bits per heavy atom. The Kier molecular flexibility index (Phi) is 6.87. The summed E-state index contributed by atoms with van der Waals surface area (Å²) in [5.74, 6) is 1.50. The van der Waals surface area contributed by atoms with E-state index in [1.807, 2.05) is 31.2 Å². The first-order chi connectivity index (χ1) is 9.58. The third kappa shape index (κ3) is 5.09. The van der Waals surface area contributed by atoms with Gasteiger partial charge in [0.05, 0.1) is 19.7 Å². The van der Waals surface area contributed by atoms with E-state index in [4.69, 9.17) is 15.2 Å². The number of ether oxygens (including phenoxy) is 2. The molecule has 0 aliphatic heterocycles. The van der Waals surface area contributed by atoms with Crippen molar-refractivity contribution in [3.8, 4) is 11.5 Å². The second kappa shape index (κ2) is 8.43. The van der Waals surface area contributed by atoms with Gasteiger partial charge >= 0.3 is 0 Å². The van der Waals surface area contributed by atoms with E-state index in [-0.39, 0.29) is 5.91 Å². The Hall–Kier alpha value is -1.75. The lowest BCUT2D eigenvalue weighted by molar-refractivity contribution is -0.131. The second-order valence-corrected chi connectivity index (χ2v) is 4.68. The van der Waals surface area contributed by atoms with Crippen molar-refractivity contribution >= 4 is 5.91 Å². The maximum absolute atomic E-state index is 11.9. The van der Waals surface area contributed by atoms with Gasteiger partial charge in [-0.05, 0) is 30.7 Å². The molecule has 0 bridgehead atoms. The Morgan fingerprint density at radius 3 is 2.45 bits per heavy atom. The van der Waals surface area contributed by atoms with E-state index in [9.17, 15) is 4.79 Å². The highest BCUT2D eigenvalue weighted by Gasteiger charge is 2.16. The number of hydrogen-bond donors (Lipinski definition) is 1. The number of amides is 1. The molecule has 0 aromatic heterocycles. The average molecular weight is 280 g/mol. The molecule has 0 unspecified atom stereocenters. The predicted octanol–water partition coefficient (Wildman–Crippen LogP) is 1.66. The lowest BCUT2D eigenvalue weighted by Gasteiger charge is -2.21. The third-order valence-electron chi connectivity index (χ3n) is 3.05. The van der Waals surface area contributed by atoms with Crippen LogP contribution in [0.2, 0.25) is 0 Å². The lowest BCUT2D eigenvalue weighted by Crippen LogP contribution is -2.43. The van der Waals surface area contributed by atoms with Crippen molar-refractivity contribution in [2.75, 3.05) is 27.3 Å². The maximum Gasteiger partial charge on any atom is 0.239 e. The van der Waals surface area contributed by atoms with Gasteiger partial charge in [0.25, 0.3) is 0 Å². The minimum Gasteiger partial charge on any atom is -0.497 e. The Labute approximate surface area is 120 Å². The summed E-state index contributed by atoms with van der Waals surface area (Å²) < 4.78 is 10.6. The molecule has 0 heterocycles. The molecule has 0 saturated heterocycles. The molecular weight excluding hydrogens is 256 g/mol. The molecule has 0 saturated carbocycles. The zero-order valence-electron chi connectivity index (χ0n) is 12.5. The monoisotopic (exact) mass is 280 g/mol. The van der Waals surface area contributed by atoms with Crippen LogP contribution in [0.15, 0.2) is 24.3 Å². The lowest BCUT2D eigenvalue weighted by atomic mass is 10.1. The number of benzene rings is 1. The number of rotatable bonds is 8. The van der Waals surface area contributed by atoms with E-state index in [0.29, 0.717) is 19.6 Å². The molecule has 1 amide bonds. The summed E-state index contributed by atoms with van der Waals surface area (Å²) in [6.45, 7) is 2.97. The number of carbonyl (C=O) groups excluding carboxylic acids is 1. The van der Waals surface area contributed by atoms with Crippen LogP contribution in [-0.4, -0.2) is 44.2 Å². The van der Waals surface area contributed by atoms with Gasteiger partial charge in [0.15, 0.2) is 0 Å². The number of hydrogen-bond acceptors (Lipinski definition) is 4. The van der Waals surface area contributed by atoms with E-state index in [1.54, 1.807) is 19.1 Å². The summed E-state index contributed by atoms with van der Waals surface area (Å²) in [6.07, 6.45) is 1.62. The van der Waals surface area contributed by atoms with Gasteiger partial charge in [0, 0.05) is 7.05 Å². The molecule has 0 radical (unpaired) electrons. The summed E-state index contributed by atoms with van der Waals surface area (Å²) in [4.78, 5) is 13.5. The van der Waals surface area contributed by atoms with Crippen LogP contribution >= 0.6 is 0 Å². The van der Waals surface area contributed by atoms with Crippen molar-refractivity contribution in [3.05, 3.63) is 24.3 Å². The van der Waals surface area contributed by atoms with E-state index < -0.39 is 6.04 Å². The van der Waals surface area contributed by atoms with Crippen LogP contribution in [0, 0.1) is 0 Å². The van der Waals surface area contributed by atoms with Crippen molar-refractivity contribution < 1.29 is 14.3 Å². The number of carbonyl (C=O) groups is 1. The molecule has 1 atom stereocenters.